The first kappa shape index (κ1) is 78.4. The minimum atomic E-state index is -2.91. The third kappa shape index (κ3) is 21.5. The highest BCUT2D eigenvalue weighted by Crippen LogP contribution is 2.32. The Bertz CT molecular complexity index is 2340. The van der Waals surface area contributed by atoms with E-state index in [0.717, 1.165) is 0 Å². The largest absolute Gasteiger partial charge is 0.506 e. The van der Waals surface area contributed by atoms with E-state index in [2.05, 4.69) is 0 Å². The molecule has 19 unspecified atom stereocenters. The van der Waals surface area contributed by atoms with Crippen LogP contribution in [0, 0.1) is 0 Å². The van der Waals surface area contributed by atoms with Crippen molar-refractivity contribution in [2.75, 3.05) is 52.9 Å². The second kappa shape index (κ2) is 38.1. The Morgan fingerprint density at radius 3 is 0.580 bits per heavy atom. The van der Waals surface area contributed by atoms with E-state index in [4.69, 9.17) is 42.6 Å². The molecule has 0 saturated carbocycles. The van der Waals surface area contributed by atoms with Gasteiger partial charge in [0.25, 0.3) is 0 Å². The maximum absolute atomic E-state index is 11.1. The fourth-order valence-corrected chi connectivity index (χ4v) is 7.77. The zero-order valence-electron chi connectivity index (χ0n) is 46.1. The molecule has 40 heteroatoms. The number of hydrogen-bond donors (Lipinski definition) is 31. The Morgan fingerprint density at radius 2 is 0.398 bits per heavy atom. The minimum Gasteiger partial charge on any atom is -0.506 e. The van der Waals surface area contributed by atoms with Gasteiger partial charge in [-0.1, -0.05) is 0 Å². The van der Waals surface area contributed by atoms with Gasteiger partial charge in [-0.3, -0.25) is 0 Å². The zero-order valence-corrected chi connectivity index (χ0v) is 46.1. The average Bonchev–Trinajstić information content (AvgIpc) is 2.93. The van der Waals surface area contributed by atoms with Gasteiger partial charge in [-0.15, -0.1) is 0 Å². The van der Waals surface area contributed by atoms with Crippen molar-refractivity contribution in [3.63, 3.8) is 0 Å². The molecule has 2 bridgehead atoms. The van der Waals surface area contributed by atoms with Gasteiger partial charge in [0.15, 0.2) is 86.9 Å². The smallest absolute Gasteiger partial charge is 0.218 e. The van der Waals surface area contributed by atoms with Gasteiger partial charge in [0.1, 0.15) is 67.1 Å². The summed E-state index contributed by atoms with van der Waals surface area (Å²) in [5.41, 5.74) is 0. The summed E-state index contributed by atoms with van der Waals surface area (Å²) in [7, 11) is 0. The molecule has 0 amide bonds. The second-order valence-corrected chi connectivity index (χ2v) is 18.6. The van der Waals surface area contributed by atoms with Crippen molar-refractivity contribution in [3.05, 3.63) is 80.6 Å². The molecule has 1 saturated heterocycles. The predicted molar refractivity (Wildman–Crippen MR) is 277 cm³/mol. The monoisotopic (exact) mass is 1300 g/mol. The summed E-state index contributed by atoms with van der Waals surface area (Å²) < 4.78 is 46.1. The highest BCUT2D eigenvalue weighted by Gasteiger charge is 2.49. The molecule has 512 valence electrons. The maximum atomic E-state index is 11.1. The lowest BCUT2D eigenvalue weighted by atomic mass is 9.98. The summed E-state index contributed by atoms with van der Waals surface area (Å²) in [5.74, 6) is -22.9. The quantitative estimate of drug-likeness (QED) is 0.0725. The van der Waals surface area contributed by atoms with Gasteiger partial charge in [-0.25, -0.2) is 0 Å². The van der Waals surface area contributed by atoms with Gasteiger partial charge in [0, 0.05) is 91.2 Å². The molecule has 0 spiro atoms. The summed E-state index contributed by atoms with van der Waals surface area (Å²) in [5, 5.41) is 327. The van der Waals surface area contributed by atoms with E-state index in [1.165, 1.54) is 0 Å². The summed E-state index contributed by atoms with van der Waals surface area (Å²) in [6, 6.07) is 0. The van der Waals surface area contributed by atoms with Crippen LogP contribution in [0.3, 0.4) is 0 Å². The third-order valence-corrected chi connectivity index (χ3v) is 12.5. The van der Waals surface area contributed by atoms with Crippen molar-refractivity contribution in [1.82, 2.24) is 0 Å². The lowest BCUT2D eigenvalue weighted by Gasteiger charge is -2.43. The van der Waals surface area contributed by atoms with Gasteiger partial charge in [-0.2, -0.15) is 0 Å². The number of aliphatic hydroxyl groups excluding tert-OH is 31. The molecule has 0 aromatic heterocycles. The molecule has 3 aliphatic rings. The number of fused-ring (bicyclic) bond motifs is 30. The highest BCUT2D eigenvalue weighted by atomic mass is 16.7. The first-order valence-electron chi connectivity index (χ1n) is 26.1. The Labute approximate surface area is 496 Å². The number of ether oxygens (including phenoxy) is 9. The molecule has 0 aromatic carbocycles. The Balaban J connectivity index is 2.90. The summed E-state index contributed by atoms with van der Waals surface area (Å²) in [6.07, 6.45) is -53.4. The molecule has 3 rings (SSSR count). The lowest BCUT2D eigenvalue weighted by Crippen LogP contribution is -2.61. The maximum Gasteiger partial charge on any atom is 0.218 e. The van der Waals surface area contributed by atoms with Gasteiger partial charge < -0.3 is 201 Å². The van der Waals surface area contributed by atoms with Crippen LogP contribution in [-0.2, 0) is 42.6 Å². The summed E-state index contributed by atoms with van der Waals surface area (Å²) in [6.45, 7) is -8.35. The van der Waals surface area contributed by atoms with Crippen LogP contribution >= 0.6 is 0 Å². The van der Waals surface area contributed by atoms with E-state index in [-0.39, 0.29) is 0 Å². The van der Waals surface area contributed by atoms with E-state index < -0.39 is 296 Å². The normalized spacial score (nSPS) is 40.2. The number of aliphatic hydroxyl groups is 31. The molecule has 1 fully saturated rings. The number of rotatable bonds is 15. The van der Waals surface area contributed by atoms with Crippen LogP contribution in [0.1, 0.15) is 44.9 Å². The summed E-state index contributed by atoms with van der Waals surface area (Å²) in [4.78, 5) is 0. The van der Waals surface area contributed by atoms with Crippen LogP contribution in [0.15, 0.2) is 80.6 Å². The molecule has 19 atom stereocenters. The Kier molecular flexibility index (Phi) is 34.0. The second-order valence-electron chi connectivity index (χ2n) is 18.6. The average molecular weight is 1300 g/mol. The van der Waals surface area contributed by atoms with Gasteiger partial charge in [0.05, 0.1) is 6.61 Å². The molecule has 31 N–H and O–H groups in total. The highest BCUT2D eigenvalue weighted by molar-refractivity contribution is 5.16. The van der Waals surface area contributed by atoms with Crippen LogP contribution in [0.4, 0.5) is 0 Å². The Hall–Kier alpha value is -5.66. The van der Waals surface area contributed by atoms with E-state index in [1.54, 1.807) is 0 Å². The van der Waals surface area contributed by atoms with Crippen LogP contribution in [0.5, 0.6) is 0 Å². The molecular weight excluding hydrogens is 1220 g/mol. The van der Waals surface area contributed by atoms with Gasteiger partial charge in [0.2, 0.25) is 44.0 Å². The van der Waals surface area contributed by atoms with Crippen molar-refractivity contribution in [3.8, 4) is 0 Å². The standard InChI is InChI=1S/C48H80O40/c49-8-1-16-24(57)32(65)41(73)81-17(2-9-50)25(58)34(67)43(75)83-19(4-11-52)27(60)36(69)45(77)85-21(6-13-54)29(62)38(71)47(79)88-40-23(15-56)87-48(39(72)31(40)64)86-22(7-14-55)30(63)37(70)46(78)84-20(5-12-53)28(61)35(68)44(76)82-18(3-10-51)26(59)33(66)42(74)80-16/h16-23,31,39-79H,1-15H2/b32-24-,33-26+,34-25-,35-28-,36-27+,37-30-,38-29+. The first-order chi connectivity index (χ1) is 41.4. The zero-order chi connectivity index (χ0) is 67.0. The van der Waals surface area contributed by atoms with E-state index in [1.807, 2.05) is 0 Å². The number of hydrogen-bond acceptors (Lipinski definition) is 40. The molecule has 88 heavy (non-hydrogen) atoms. The van der Waals surface area contributed by atoms with Gasteiger partial charge >= 0.3 is 0 Å². The lowest BCUT2D eigenvalue weighted by molar-refractivity contribution is -0.329. The van der Waals surface area contributed by atoms with Crippen molar-refractivity contribution in [2.24, 2.45) is 0 Å². The molecular formula is C48H80O40. The topological polar surface area (TPSA) is 710 Å². The van der Waals surface area contributed by atoms with E-state index >= 15 is 0 Å². The van der Waals surface area contributed by atoms with E-state index in [9.17, 15) is 158 Å². The van der Waals surface area contributed by atoms with Crippen molar-refractivity contribution >= 4 is 0 Å². The van der Waals surface area contributed by atoms with Crippen LogP contribution < -0.4 is 0 Å². The molecule has 0 aliphatic carbocycles. The van der Waals surface area contributed by atoms with Crippen LogP contribution in [-0.4, -0.2) is 329 Å². The fourth-order valence-electron chi connectivity index (χ4n) is 7.77. The first-order valence-corrected chi connectivity index (χ1v) is 26.1. The summed E-state index contributed by atoms with van der Waals surface area (Å²) >= 11 is 0. The molecule has 0 radical (unpaired) electrons. The predicted octanol–water partition coefficient (Wildman–Crippen LogP) is -6.28. The molecule has 40 nitrogen and oxygen atoms in total. The van der Waals surface area contributed by atoms with Crippen molar-refractivity contribution in [2.45, 2.75) is 162 Å². The van der Waals surface area contributed by atoms with Crippen molar-refractivity contribution < 1.29 is 201 Å². The van der Waals surface area contributed by atoms with Crippen molar-refractivity contribution in [1.29, 1.82) is 0 Å². The van der Waals surface area contributed by atoms with Crippen LogP contribution in [0.25, 0.3) is 0 Å². The minimum absolute atomic E-state index is 0.804. The van der Waals surface area contributed by atoms with Gasteiger partial charge in [-0.05, 0) is 0 Å². The molecule has 3 aliphatic heterocycles. The van der Waals surface area contributed by atoms with E-state index in [0.29, 0.717) is 0 Å². The molecule has 3 heterocycles. The Morgan fingerprint density at radius 1 is 0.216 bits per heavy atom. The third-order valence-electron chi connectivity index (χ3n) is 12.5. The fraction of sp³-hybridized carbons (Fsp3) is 0.708. The SMILES string of the molecule is OCCC1OC(O)/C(O)=C(/O)C(CCO)OC2OC(CO)C(OC(O)/C(O)=C(\O)C(CCO)OC(O)/C(O)=C(\O)C(CCO)OC(O)/C(O)=C(/O)C(CCO)OC(O)/C(O)=C(/O)C(CCO)OC(O)/C(O)=C(\O)C(CCO)OC(O)/C(O)=C\1O)C(O)C2O. The van der Waals surface area contributed by atoms with Crippen LogP contribution in [0.2, 0.25) is 0 Å². The molecule has 0 aromatic rings.